The summed E-state index contributed by atoms with van der Waals surface area (Å²) in [7, 11) is 4.21. The Balaban J connectivity index is 2.29. The number of anilines is 1. The van der Waals surface area contributed by atoms with Gasteiger partial charge in [0.25, 0.3) is 0 Å². The predicted molar refractivity (Wildman–Crippen MR) is 90.0 cm³/mol. The van der Waals surface area contributed by atoms with Crippen molar-refractivity contribution in [2.45, 2.75) is 52.2 Å². The highest BCUT2D eigenvalue weighted by molar-refractivity contribution is 5.44. The summed E-state index contributed by atoms with van der Waals surface area (Å²) in [6.07, 6.45) is 0. The topological polar surface area (TPSA) is 31.4 Å². The van der Waals surface area contributed by atoms with Crippen LogP contribution < -0.4 is 10.2 Å². The lowest BCUT2D eigenvalue weighted by Crippen LogP contribution is -2.55. The summed E-state index contributed by atoms with van der Waals surface area (Å²) in [5.41, 5.74) is 2.52. The molecule has 1 aliphatic heterocycles. The lowest BCUT2D eigenvalue weighted by atomic mass is 10.1. The summed E-state index contributed by atoms with van der Waals surface area (Å²) < 4.78 is 0. The highest BCUT2D eigenvalue weighted by atomic mass is 15.3. The molecule has 2 rings (SSSR count). The van der Waals surface area contributed by atoms with Crippen LogP contribution in [0.1, 0.15) is 44.9 Å². The third-order valence-corrected chi connectivity index (χ3v) is 4.55. The highest BCUT2D eigenvalue weighted by Gasteiger charge is 2.27. The van der Waals surface area contributed by atoms with E-state index in [1.165, 1.54) is 11.3 Å². The lowest BCUT2D eigenvalue weighted by Gasteiger charge is -2.43. The van der Waals surface area contributed by atoms with Crippen molar-refractivity contribution in [1.82, 2.24) is 15.2 Å². The summed E-state index contributed by atoms with van der Waals surface area (Å²) in [4.78, 5) is 9.81. The Labute approximate surface area is 129 Å². The molecule has 0 aliphatic carbocycles. The second-order valence-electron chi connectivity index (χ2n) is 6.71. The van der Waals surface area contributed by atoms with Gasteiger partial charge in [-0.25, -0.2) is 4.98 Å². The second kappa shape index (κ2) is 6.75. The number of aromatic nitrogens is 1. The van der Waals surface area contributed by atoms with E-state index in [1.54, 1.807) is 0 Å². The fraction of sp³-hybridized carbons (Fsp3) is 0.706. The van der Waals surface area contributed by atoms with E-state index in [-0.39, 0.29) is 0 Å². The molecule has 4 heteroatoms. The quantitative estimate of drug-likeness (QED) is 0.923. The Morgan fingerprint density at radius 2 is 1.86 bits per heavy atom. The number of rotatable bonds is 4. The van der Waals surface area contributed by atoms with Crippen LogP contribution in [0.15, 0.2) is 12.1 Å². The van der Waals surface area contributed by atoms with Crippen LogP contribution >= 0.6 is 0 Å². The maximum absolute atomic E-state index is 4.91. The predicted octanol–water partition coefficient (Wildman–Crippen LogP) is 2.45. The summed E-state index contributed by atoms with van der Waals surface area (Å²) in [5.74, 6) is 1.60. The Morgan fingerprint density at radius 3 is 2.38 bits per heavy atom. The molecule has 1 aromatic heterocycles. The maximum atomic E-state index is 4.91. The van der Waals surface area contributed by atoms with Gasteiger partial charge in [0, 0.05) is 37.4 Å². The number of nitrogens with zero attached hydrogens (tertiary/aromatic N) is 3. The van der Waals surface area contributed by atoms with Gasteiger partial charge in [-0.15, -0.1) is 0 Å². The Morgan fingerprint density at radius 1 is 1.24 bits per heavy atom. The van der Waals surface area contributed by atoms with Crippen LogP contribution in [-0.4, -0.2) is 49.2 Å². The average molecular weight is 290 g/mol. The molecule has 0 spiro atoms. The zero-order valence-corrected chi connectivity index (χ0v) is 14.3. The van der Waals surface area contributed by atoms with Crippen LogP contribution in [0.3, 0.4) is 0 Å². The van der Waals surface area contributed by atoms with Crippen molar-refractivity contribution in [3.63, 3.8) is 0 Å². The molecule has 118 valence electrons. The molecule has 0 amide bonds. The largest absolute Gasteiger partial charge is 0.353 e. The van der Waals surface area contributed by atoms with Crippen molar-refractivity contribution < 1.29 is 0 Å². The minimum Gasteiger partial charge on any atom is -0.353 e. The molecule has 1 saturated heterocycles. The first-order valence-electron chi connectivity index (χ1n) is 8.04. The fourth-order valence-electron chi connectivity index (χ4n) is 2.95. The van der Waals surface area contributed by atoms with E-state index in [4.69, 9.17) is 4.98 Å². The molecule has 4 nitrogen and oxygen atoms in total. The van der Waals surface area contributed by atoms with Gasteiger partial charge in [-0.3, -0.25) is 4.90 Å². The minimum atomic E-state index is 0.461. The summed E-state index contributed by atoms with van der Waals surface area (Å²) >= 11 is 0. The van der Waals surface area contributed by atoms with Crippen LogP contribution in [0.25, 0.3) is 0 Å². The van der Waals surface area contributed by atoms with Crippen LogP contribution in [0.4, 0.5) is 5.82 Å². The number of likely N-dealkylation sites (N-methyl/N-ethyl adjacent to an activating group) is 1. The van der Waals surface area contributed by atoms with Crippen molar-refractivity contribution in [2.75, 3.05) is 32.1 Å². The molecule has 1 aliphatic rings. The first-order chi connectivity index (χ1) is 9.92. The van der Waals surface area contributed by atoms with Crippen LogP contribution in [-0.2, 0) is 6.54 Å². The van der Waals surface area contributed by atoms with Gasteiger partial charge in [0.15, 0.2) is 0 Å². The standard InChI is InChI=1S/C17H30N4/c1-12(2)16-7-15(9-18-5)8-17(19-16)21-10-13(3)20(6)14(4)11-21/h7-8,12-14,18H,9-11H2,1-6H3. The normalized spacial score (nSPS) is 23.9. The van der Waals surface area contributed by atoms with Gasteiger partial charge in [0.1, 0.15) is 5.82 Å². The summed E-state index contributed by atoms with van der Waals surface area (Å²) in [5, 5.41) is 3.25. The number of hydrogen-bond donors (Lipinski definition) is 1. The zero-order valence-electron chi connectivity index (χ0n) is 14.3. The molecule has 0 bridgehead atoms. The van der Waals surface area contributed by atoms with E-state index in [9.17, 15) is 0 Å². The Kier molecular flexibility index (Phi) is 5.22. The van der Waals surface area contributed by atoms with Gasteiger partial charge in [0.05, 0.1) is 0 Å². The molecule has 2 heterocycles. The number of pyridine rings is 1. The second-order valence-corrected chi connectivity index (χ2v) is 6.71. The van der Waals surface area contributed by atoms with Crippen LogP contribution in [0.2, 0.25) is 0 Å². The van der Waals surface area contributed by atoms with Crippen molar-refractivity contribution in [2.24, 2.45) is 0 Å². The van der Waals surface area contributed by atoms with E-state index in [2.05, 4.69) is 62.0 Å². The smallest absolute Gasteiger partial charge is 0.129 e. The van der Waals surface area contributed by atoms with Crippen LogP contribution in [0.5, 0.6) is 0 Å². The number of hydrogen-bond acceptors (Lipinski definition) is 4. The number of piperazine rings is 1. The van der Waals surface area contributed by atoms with Gasteiger partial charge in [-0.2, -0.15) is 0 Å². The molecule has 0 radical (unpaired) electrons. The lowest BCUT2D eigenvalue weighted by molar-refractivity contribution is 0.169. The molecule has 0 saturated carbocycles. The van der Waals surface area contributed by atoms with E-state index >= 15 is 0 Å². The molecule has 21 heavy (non-hydrogen) atoms. The molecule has 2 unspecified atom stereocenters. The molecule has 1 fully saturated rings. The fourth-order valence-corrected chi connectivity index (χ4v) is 2.95. The van der Waals surface area contributed by atoms with Gasteiger partial charge in [-0.1, -0.05) is 13.8 Å². The van der Waals surface area contributed by atoms with Gasteiger partial charge < -0.3 is 10.2 Å². The molecular weight excluding hydrogens is 260 g/mol. The van der Waals surface area contributed by atoms with E-state index in [1.807, 2.05) is 7.05 Å². The van der Waals surface area contributed by atoms with E-state index in [0.29, 0.717) is 18.0 Å². The third kappa shape index (κ3) is 3.74. The molecule has 0 aromatic carbocycles. The first-order valence-corrected chi connectivity index (χ1v) is 8.04. The Bertz CT molecular complexity index is 460. The highest BCUT2D eigenvalue weighted by Crippen LogP contribution is 2.24. The van der Waals surface area contributed by atoms with Gasteiger partial charge in [-0.05, 0) is 51.6 Å². The van der Waals surface area contributed by atoms with Gasteiger partial charge >= 0.3 is 0 Å². The van der Waals surface area contributed by atoms with Crippen molar-refractivity contribution in [3.8, 4) is 0 Å². The summed E-state index contributed by atoms with van der Waals surface area (Å²) in [6.45, 7) is 12.0. The first kappa shape index (κ1) is 16.2. The maximum Gasteiger partial charge on any atom is 0.129 e. The molecule has 1 aromatic rings. The Hall–Kier alpha value is -1.13. The monoisotopic (exact) mass is 290 g/mol. The van der Waals surface area contributed by atoms with Crippen molar-refractivity contribution in [1.29, 1.82) is 0 Å². The third-order valence-electron chi connectivity index (χ3n) is 4.55. The average Bonchev–Trinajstić information content (AvgIpc) is 2.44. The molecule has 1 N–H and O–H groups in total. The van der Waals surface area contributed by atoms with Crippen LogP contribution in [0, 0.1) is 0 Å². The molecule has 2 atom stereocenters. The summed E-state index contributed by atoms with van der Waals surface area (Å²) in [6, 6.07) is 5.60. The minimum absolute atomic E-state index is 0.461. The van der Waals surface area contributed by atoms with Gasteiger partial charge in [0.2, 0.25) is 0 Å². The van der Waals surface area contributed by atoms with Crippen molar-refractivity contribution >= 4 is 5.82 Å². The van der Waals surface area contributed by atoms with E-state index in [0.717, 1.165) is 25.5 Å². The SMILES string of the molecule is CNCc1cc(C(C)C)nc(N2CC(C)N(C)C(C)C2)c1. The van der Waals surface area contributed by atoms with E-state index < -0.39 is 0 Å². The van der Waals surface area contributed by atoms with Crippen molar-refractivity contribution in [3.05, 3.63) is 23.4 Å². The molecular formula is C17H30N4. The zero-order chi connectivity index (χ0) is 15.6. The number of nitrogens with one attached hydrogen (secondary N) is 1.